The summed E-state index contributed by atoms with van der Waals surface area (Å²) in [5, 5.41) is 3.07. The van der Waals surface area contributed by atoms with E-state index >= 15 is 0 Å². The van der Waals surface area contributed by atoms with Crippen LogP contribution in [-0.2, 0) is 11.2 Å². The topological polar surface area (TPSA) is 33.2 Å². The summed E-state index contributed by atoms with van der Waals surface area (Å²) < 4.78 is 0. The van der Waals surface area contributed by atoms with Crippen molar-refractivity contribution in [2.24, 2.45) is 5.92 Å². The summed E-state index contributed by atoms with van der Waals surface area (Å²) >= 11 is 1.65. The van der Waals surface area contributed by atoms with Gasteiger partial charge in [-0.25, -0.2) is 4.98 Å². The number of carbonyl (C=O) groups excluding carboxylic acids is 1. The molecule has 0 N–H and O–H groups in total. The third-order valence-electron chi connectivity index (χ3n) is 2.89. The third kappa shape index (κ3) is 2.56. The fourth-order valence-corrected chi connectivity index (χ4v) is 2.71. The Morgan fingerprint density at radius 1 is 1.60 bits per heavy atom. The van der Waals surface area contributed by atoms with Crippen LogP contribution in [-0.4, -0.2) is 24.4 Å². The van der Waals surface area contributed by atoms with Gasteiger partial charge in [0.1, 0.15) is 6.29 Å². The minimum atomic E-state index is 0.445. The van der Waals surface area contributed by atoms with Gasteiger partial charge in [-0.2, -0.15) is 0 Å². The SMILES string of the molecule is CC1CCN(c2nc(CC=O)cs2)CC1. The fraction of sp³-hybridized carbons (Fsp3) is 0.636. The molecule has 1 aromatic rings. The molecule has 0 bridgehead atoms. The number of hydrogen-bond donors (Lipinski definition) is 0. The number of rotatable bonds is 3. The Bertz CT molecular complexity index is 329. The quantitative estimate of drug-likeness (QED) is 0.737. The van der Waals surface area contributed by atoms with Gasteiger partial charge in [0.15, 0.2) is 5.13 Å². The number of nitrogens with zero attached hydrogens (tertiary/aromatic N) is 2. The minimum absolute atomic E-state index is 0.445. The van der Waals surface area contributed by atoms with Crippen LogP contribution in [0.3, 0.4) is 0 Å². The van der Waals surface area contributed by atoms with Gasteiger partial charge < -0.3 is 9.69 Å². The molecule has 2 heterocycles. The van der Waals surface area contributed by atoms with Crippen molar-refractivity contribution in [1.29, 1.82) is 0 Å². The third-order valence-corrected chi connectivity index (χ3v) is 3.84. The van der Waals surface area contributed by atoms with Gasteiger partial charge in [-0.3, -0.25) is 0 Å². The number of anilines is 1. The van der Waals surface area contributed by atoms with E-state index < -0.39 is 0 Å². The first-order chi connectivity index (χ1) is 7.29. The smallest absolute Gasteiger partial charge is 0.185 e. The molecular formula is C11H16N2OS. The van der Waals surface area contributed by atoms with Crippen LogP contribution in [0.4, 0.5) is 5.13 Å². The van der Waals surface area contributed by atoms with E-state index in [1.807, 2.05) is 5.38 Å². The highest BCUT2D eigenvalue weighted by atomic mass is 32.1. The molecular weight excluding hydrogens is 208 g/mol. The van der Waals surface area contributed by atoms with Crippen molar-refractivity contribution in [3.05, 3.63) is 11.1 Å². The van der Waals surface area contributed by atoms with Gasteiger partial charge in [0, 0.05) is 24.9 Å². The van der Waals surface area contributed by atoms with Gasteiger partial charge in [-0.1, -0.05) is 6.92 Å². The molecule has 3 nitrogen and oxygen atoms in total. The van der Waals surface area contributed by atoms with E-state index in [2.05, 4.69) is 16.8 Å². The predicted octanol–water partition coefficient (Wildman–Crippen LogP) is 2.12. The Morgan fingerprint density at radius 2 is 2.33 bits per heavy atom. The summed E-state index contributed by atoms with van der Waals surface area (Å²) in [5.41, 5.74) is 0.906. The van der Waals surface area contributed by atoms with Crippen molar-refractivity contribution in [3.8, 4) is 0 Å². The summed E-state index contributed by atoms with van der Waals surface area (Å²) in [4.78, 5) is 17.1. The van der Waals surface area contributed by atoms with Gasteiger partial charge in [0.05, 0.1) is 5.69 Å². The van der Waals surface area contributed by atoms with Crippen molar-refractivity contribution >= 4 is 22.8 Å². The predicted molar refractivity (Wildman–Crippen MR) is 62.5 cm³/mol. The zero-order valence-electron chi connectivity index (χ0n) is 8.98. The molecule has 1 aromatic heterocycles. The van der Waals surface area contributed by atoms with Crippen molar-refractivity contribution < 1.29 is 4.79 Å². The molecule has 82 valence electrons. The molecule has 0 unspecified atom stereocenters. The number of aromatic nitrogens is 1. The highest BCUT2D eigenvalue weighted by Gasteiger charge is 2.18. The second-order valence-corrected chi connectivity index (χ2v) is 5.00. The lowest BCUT2D eigenvalue weighted by atomic mass is 10.00. The zero-order chi connectivity index (χ0) is 10.7. The summed E-state index contributed by atoms with van der Waals surface area (Å²) in [6, 6.07) is 0. The standard InChI is InChI=1S/C11H16N2OS/c1-9-2-5-13(6-3-9)11-12-10(4-7-14)8-15-11/h7-9H,2-6H2,1H3. The molecule has 1 aliphatic rings. The van der Waals surface area contributed by atoms with Crippen molar-refractivity contribution in [2.45, 2.75) is 26.2 Å². The number of carbonyl (C=O) groups is 1. The van der Waals surface area contributed by atoms with Crippen molar-refractivity contribution in [1.82, 2.24) is 4.98 Å². The van der Waals surface area contributed by atoms with Crippen molar-refractivity contribution in [3.63, 3.8) is 0 Å². The molecule has 0 spiro atoms. The lowest BCUT2D eigenvalue weighted by Gasteiger charge is -2.29. The summed E-state index contributed by atoms with van der Waals surface area (Å²) in [7, 11) is 0. The van der Waals surface area contributed by atoms with Crippen LogP contribution >= 0.6 is 11.3 Å². The molecule has 0 amide bonds. The Balaban J connectivity index is 1.99. The van der Waals surface area contributed by atoms with E-state index in [1.165, 1.54) is 12.8 Å². The monoisotopic (exact) mass is 224 g/mol. The summed E-state index contributed by atoms with van der Waals surface area (Å²) in [6.45, 7) is 4.52. The van der Waals surface area contributed by atoms with E-state index in [1.54, 1.807) is 11.3 Å². The molecule has 0 atom stereocenters. The highest BCUT2D eigenvalue weighted by Crippen LogP contribution is 2.25. The summed E-state index contributed by atoms with van der Waals surface area (Å²) in [6.07, 6.45) is 3.86. The number of piperidine rings is 1. The molecule has 0 saturated carbocycles. The first-order valence-electron chi connectivity index (χ1n) is 5.42. The first-order valence-corrected chi connectivity index (χ1v) is 6.30. The highest BCUT2D eigenvalue weighted by molar-refractivity contribution is 7.13. The number of aldehydes is 1. The largest absolute Gasteiger partial charge is 0.348 e. The van der Waals surface area contributed by atoms with Gasteiger partial charge in [0.25, 0.3) is 0 Å². The Hall–Kier alpha value is -0.900. The van der Waals surface area contributed by atoms with Gasteiger partial charge in [-0.05, 0) is 18.8 Å². The lowest BCUT2D eigenvalue weighted by molar-refractivity contribution is -0.107. The van der Waals surface area contributed by atoms with Gasteiger partial charge in [-0.15, -0.1) is 11.3 Å². The molecule has 1 aliphatic heterocycles. The second kappa shape index (κ2) is 4.75. The van der Waals surface area contributed by atoms with Crippen LogP contribution in [0, 0.1) is 5.92 Å². The molecule has 2 rings (SSSR count). The van der Waals surface area contributed by atoms with Crippen LogP contribution in [0.2, 0.25) is 0 Å². The van der Waals surface area contributed by atoms with E-state index in [4.69, 9.17) is 0 Å². The van der Waals surface area contributed by atoms with Gasteiger partial charge in [0.2, 0.25) is 0 Å². The maximum absolute atomic E-state index is 10.4. The molecule has 1 saturated heterocycles. The van der Waals surface area contributed by atoms with E-state index in [0.717, 1.165) is 36.1 Å². The normalized spacial score (nSPS) is 18.1. The first kappa shape index (κ1) is 10.6. The van der Waals surface area contributed by atoms with Crippen molar-refractivity contribution in [2.75, 3.05) is 18.0 Å². The minimum Gasteiger partial charge on any atom is -0.348 e. The van der Waals surface area contributed by atoms with E-state index in [0.29, 0.717) is 6.42 Å². The lowest BCUT2D eigenvalue weighted by Crippen LogP contribution is -2.32. The Kier molecular flexibility index (Phi) is 3.36. The number of hydrogen-bond acceptors (Lipinski definition) is 4. The zero-order valence-corrected chi connectivity index (χ0v) is 9.80. The Labute approximate surface area is 94.1 Å². The fourth-order valence-electron chi connectivity index (χ4n) is 1.82. The number of thiazole rings is 1. The molecule has 0 aliphatic carbocycles. The molecule has 1 fully saturated rings. The second-order valence-electron chi connectivity index (χ2n) is 4.16. The molecule has 15 heavy (non-hydrogen) atoms. The van der Waals surface area contributed by atoms with E-state index in [9.17, 15) is 4.79 Å². The van der Waals surface area contributed by atoms with Crippen LogP contribution < -0.4 is 4.90 Å². The maximum Gasteiger partial charge on any atom is 0.185 e. The average Bonchev–Trinajstić information content (AvgIpc) is 2.68. The molecule has 4 heteroatoms. The van der Waals surface area contributed by atoms with Crippen LogP contribution in [0.25, 0.3) is 0 Å². The van der Waals surface area contributed by atoms with E-state index in [-0.39, 0.29) is 0 Å². The van der Waals surface area contributed by atoms with Crippen LogP contribution in [0.15, 0.2) is 5.38 Å². The Morgan fingerprint density at radius 3 is 3.00 bits per heavy atom. The molecule has 0 aromatic carbocycles. The summed E-state index contributed by atoms with van der Waals surface area (Å²) in [5.74, 6) is 0.843. The van der Waals surface area contributed by atoms with Crippen LogP contribution in [0.1, 0.15) is 25.5 Å². The van der Waals surface area contributed by atoms with Crippen LogP contribution in [0.5, 0.6) is 0 Å². The van der Waals surface area contributed by atoms with Gasteiger partial charge >= 0.3 is 0 Å². The maximum atomic E-state index is 10.4. The average molecular weight is 224 g/mol. The molecule has 0 radical (unpaired) electrons.